The van der Waals surface area contributed by atoms with Crippen LogP contribution in [0.15, 0.2) is 18.2 Å². The highest BCUT2D eigenvalue weighted by molar-refractivity contribution is 7.92. The van der Waals surface area contributed by atoms with Gasteiger partial charge in [0.05, 0.1) is 25.2 Å². The van der Waals surface area contributed by atoms with E-state index < -0.39 is 16.1 Å². The van der Waals surface area contributed by atoms with Gasteiger partial charge in [0.1, 0.15) is 19.3 Å². The summed E-state index contributed by atoms with van der Waals surface area (Å²) in [5.41, 5.74) is 0.363. The molecule has 2 aliphatic rings. The Morgan fingerprint density at radius 2 is 1.86 bits per heavy atom. The number of amides is 1. The fraction of sp³-hybridized carbons (Fsp3) is 0.611. The second kappa shape index (κ2) is 8.97. The molecule has 0 aromatic heterocycles. The molecule has 0 saturated carbocycles. The Hall–Kier alpha value is -2.04. The fourth-order valence-electron chi connectivity index (χ4n) is 3.29. The average molecular weight is 413 g/mol. The highest BCUT2D eigenvalue weighted by Crippen LogP contribution is 2.35. The van der Waals surface area contributed by atoms with Gasteiger partial charge in [-0.05, 0) is 19.1 Å². The van der Waals surface area contributed by atoms with Gasteiger partial charge in [-0.1, -0.05) is 0 Å². The van der Waals surface area contributed by atoms with E-state index in [9.17, 15) is 13.2 Å². The van der Waals surface area contributed by atoms with Gasteiger partial charge in [0.2, 0.25) is 15.9 Å². The number of morpholine rings is 1. The van der Waals surface area contributed by atoms with Gasteiger partial charge in [0.25, 0.3) is 0 Å². The lowest BCUT2D eigenvalue weighted by molar-refractivity contribution is -0.121. The minimum absolute atomic E-state index is 0.353. The Morgan fingerprint density at radius 3 is 2.54 bits per heavy atom. The van der Waals surface area contributed by atoms with Crippen molar-refractivity contribution in [1.29, 1.82) is 0 Å². The molecule has 9 nitrogen and oxygen atoms in total. The SMILES string of the molecule is C[C@H](C(=O)NCCN1CCOCC1)N(c1ccc2c(c1)OCCO2)S(C)(=O)=O. The topological polar surface area (TPSA) is 97.4 Å². The number of hydrogen-bond donors (Lipinski definition) is 1. The predicted molar refractivity (Wildman–Crippen MR) is 104 cm³/mol. The molecule has 0 unspecified atom stereocenters. The standard InChI is InChI=1S/C18H27N3O6S/c1-14(18(22)19-5-6-20-7-9-25-10-8-20)21(28(2,23)24)15-3-4-16-17(13-15)27-12-11-26-16/h3-4,13-14H,5-12H2,1-2H3,(H,19,22)/t14-/m1/s1. The zero-order valence-electron chi connectivity index (χ0n) is 16.2. The monoisotopic (exact) mass is 413 g/mol. The first-order valence-corrected chi connectivity index (χ1v) is 11.2. The first-order valence-electron chi connectivity index (χ1n) is 9.33. The van der Waals surface area contributed by atoms with Crippen molar-refractivity contribution in [3.8, 4) is 11.5 Å². The van der Waals surface area contributed by atoms with E-state index in [2.05, 4.69) is 10.2 Å². The molecule has 10 heteroatoms. The second-order valence-electron chi connectivity index (χ2n) is 6.81. The van der Waals surface area contributed by atoms with Crippen molar-refractivity contribution in [2.24, 2.45) is 0 Å². The van der Waals surface area contributed by atoms with Gasteiger partial charge in [-0.3, -0.25) is 14.0 Å². The molecular weight excluding hydrogens is 386 g/mol. The van der Waals surface area contributed by atoms with Gasteiger partial charge >= 0.3 is 0 Å². The van der Waals surface area contributed by atoms with Crippen LogP contribution in [0.25, 0.3) is 0 Å². The number of benzene rings is 1. The summed E-state index contributed by atoms with van der Waals surface area (Å²) in [6.45, 7) is 6.61. The molecular formula is C18H27N3O6S. The van der Waals surface area contributed by atoms with E-state index in [-0.39, 0.29) is 5.91 Å². The van der Waals surface area contributed by atoms with Crippen LogP contribution in [0.4, 0.5) is 5.69 Å². The van der Waals surface area contributed by atoms with E-state index in [0.29, 0.717) is 56.7 Å². The van der Waals surface area contributed by atoms with Crippen molar-refractivity contribution in [3.63, 3.8) is 0 Å². The number of ether oxygens (including phenoxy) is 3. The summed E-state index contributed by atoms with van der Waals surface area (Å²) in [7, 11) is -3.69. The van der Waals surface area contributed by atoms with Crippen molar-refractivity contribution in [2.75, 3.05) is 63.2 Å². The maximum absolute atomic E-state index is 12.6. The maximum atomic E-state index is 12.6. The molecule has 0 aliphatic carbocycles. The average Bonchev–Trinajstić information content (AvgIpc) is 2.67. The molecule has 0 spiro atoms. The van der Waals surface area contributed by atoms with Gasteiger partial charge in [0, 0.05) is 32.2 Å². The summed E-state index contributed by atoms with van der Waals surface area (Å²) < 4.78 is 42.3. The Kier molecular flexibility index (Phi) is 6.63. The van der Waals surface area contributed by atoms with E-state index in [1.54, 1.807) is 25.1 Å². The number of hydrogen-bond acceptors (Lipinski definition) is 7. The number of fused-ring (bicyclic) bond motifs is 1. The van der Waals surface area contributed by atoms with Crippen molar-refractivity contribution < 1.29 is 27.4 Å². The quantitative estimate of drug-likeness (QED) is 0.675. The molecule has 1 fully saturated rings. The molecule has 0 bridgehead atoms. The summed E-state index contributed by atoms with van der Waals surface area (Å²) in [6.07, 6.45) is 1.08. The number of carbonyl (C=O) groups excluding carboxylic acids is 1. The molecule has 0 radical (unpaired) electrons. The summed E-state index contributed by atoms with van der Waals surface area (Å²) in [4.78, 5) is 14.8. The van der Waals surface area contributed by atoms with Crippen LogP contribution in [0.1, 0.15) is 6.92 Å². The molecule has 2 heterocycles. The van der Waals surface area contributed by atoms with Gasteiger partial charge < -0.3 is 19.5 Å². The third-order valence-electron chi connectivity index (χ3n) is 4.70. The van der Waals surface area contributed by atoms with E-state index in [4.69, 9.17) is 14.2 Å². The summed E-state index contributed by atoms with van der Waals surface area (Å²) in [6, 6.07) is 3.96. The molecule has 1 atom stereocenters. The van der Waals surface area contributed by atoms with Gasteiger partial charge in [-0.15, -0.1) is 0 Å². The smallest absolute Gasteiger partial charge is 0.243 e. The first kappa shape index (κ1) is 20.7. The van der Waals surface area contributed by atoms with Gasteiger partial charge in [-0.25, -0.2) is 8.42 Å². The first-order chi connectivity index (χ1) is 13.4. The van der Waals surface area contributed by atoms with Crippen LogP contribution in [0.5, 0.6) is 11.5 Å². The molecule has 1 aromatic rings. The van der Waals surface area contributed by atoms with Crippen LogP contribution < -0.4 is 19.1 Å². The number of rotatable bonds is 7. The van der Waals surface area contributed by atoms with E-state index in [1.807, 2.05) is 0 Å². The Balaban J connectivity index is 1.68. The molecule has 3 rings (SSSR count). The third-order valence-corrected chi connectivity index (χ3v) is 5.94. The number of nitrogens with zero attached hydrogens (tertiary/aromatic N) is 2. The number of carbonyl (C=O) groups is 1. The lowest BCUT2D eigenvalue weighted by Crippen LogP contribution is -2.49. The van der Waals surface area contributed by atoms with Crippen LogP contribution in [0.3, 0.4) is 0 Å². The molecule has 2 aliphatic heterocycles. The van der Waals surface area contributed by atoms with Crippen LogP contribution in [0, 0.1) is 0 Å². The summed E-state index contributed by atoms with van der Waals surface area (Å²) in [5, 5.41) is 2.83. The zero-order valence-corrected chi connectivity index (χ0v) is 17.0. The Bertz CT molecular complexity index is 795. The van der Waals surface area contributed by atoms with E-state index >= 15 is 0 Å². The number of anilines is 1. The highest BCUT2D eigenvalue weighted by atomic mass is 32.2. The normalized spacial score (nSPS) is 18.4. The van der Waals surface area contributed by atoms with Crippen molar-refractivity contribution >= 4 is 21.6 Å². The van der Waals surface area contributed by atoms with Crippen molar-refractivity contribution in [2.45, 2.75) is 13.0 Å². The lowest BCUT2D eigenvalue weighted by atomic mass is 10.2. The van der Waals surface area contributed by atoms with Crippen LogP contribution in [-0.2, 0) is 19.6 Å². The minimum atomic E-state index is -3.69. The molecule has 1 aromatic carbocycles. The molecule has 1 N–H and O–H groups in total. The predicted octanol–water partition coefficient (Wildman–Crippen LogP) is 0.0607. The molecule has 156 valence electrons. The zero-order chi connectivity index (χ0) is 20.1. The molecule has 28 heavy (non-hydrogen) atoms. The van der Waals surface area contributed by atoms with Crippen molar-refractivity contribution in [3.05, 3.63) is 18.2 Å². The summed E-state index contributed by atoms with van der Waals surface area (Å²) in [5.74, 6) is 0.678. The number of sulfonamides is 1. The summed E-state index contributed by atoms with van der Waals surface area (Å²) >= 11 is 0. The number of nitrogens with one attached hydrogen (secondary N) is 1. The fourth-order valence-corrected chi connectivity index (χ4v) is 4.45. The highest BCUT2D eigenvalue weighted by Gasteiger charge is 2.30. The second-order valence-corrected chi connectivity index (χ2v) is 8.67. The third kappa shape index (κ3) is 5.06. The molecule has 1 saturated heterocycles. The van der Waals surface area contributed by atoms with Gasteiger partial charge in [-0.2, -0.15) is 0 Å². The minimum Gasteiger partial charge on any atom is -0.486 e. The lowest BCUT2D eigenvalue weighted by Gasteiger charge is -2.30. The van der Waals surface area contributed by atoms with E-state index in [1.165, 1.54) is 0 Å². The Morgan fingerprint density at radius 1 is 1.18 bits per heavy atom. The van der Waals surface area contributed by atoms with Crippen LogP contribution in [-0.4, -0.2) is 84.1 Å². The van der Waals surface area contributed by atoms with Crippen molar-refractivity contribution in [1.82, 2.24) is 10.2 Å². The molecule has 1 amide bonds. The van der Waals surface area contributed by atoms with Crippen LogP contribution in [0.2, 0.25) is 0 Å². The maximum Gasteiger partial charge on any atom is 0.243 e. The van der Waals surface area contributed by atoms with E-state index in [0.717, 1.165) is 23.7 Å². The van der Waals surface area contributed by atoms with Crippen LogP contribution >= 0.6 is 0 Å². The Labute approximate surface area is 165 Å². The largest absolute Gasteiger partial charge is 0.486 e. The van der Waals surface area contributed by atoms with Gasteiger partial charge in [0.15, 0.2) is 11.5 Å².